The zero-order valence-electron chi connectivity index (χ0n) is 22.6. The van der Waals surface area contributed by atoms with Gasteiger partial charge < -0.3 is 10.2 Å². The van der Waals surface area contributed by atoms with E-state index in [-0.39, 0.29) is 18.7 Å². The van der Waals surface area contributed by atoms with E-state index in [1.807, 2.05) is 13.0 Å². The van der Waals surface area contributed by atoms with Gasteiger partial charge >= 0.3 is 6.18 Å². The molecule has 7 nitrogen and oxygen atoms in total. The molecule has 0 saturated carbocycles. The van der Waals surface area contributed by atoms with E-state index in [0.717, 1.165) is 24.0 Å². The third-order valence-electron chi connectivity index (χ3n) is 6.20. The van der Waals surface area contributed by atoms with E-state index in [4.69, 9.17) is 11.6 Å². The van der Waals surface area contributed by atoms with Crippen LogP contribution in [0.2, 0.25) is 5.02 Å². The van der Waals surface area contributed by atoms with Gasteiger partial charge in [0.2, 0.25) is 21.8 Å². The Balaban J connectivity index is 2.07. The fourth-order valence-corrected chi connectivity index (χ4v) is 5.26. The maximum absolute atomic E-state index is 13.9. The Morgan fingerprint density at radius 1 is 0.951 bits per heavy atom. The summed E-state index contributed by atoms with van der Waals surface area (Å²) in [5, 5.41) is 3.20. The van der Waals surface area contributed by atoms with Gasteiger partial charge in [-0.3, -0.25) is 13.9 Å². The molecule has 0 aromatic heterocycles. The van der Waals surface area contributed by atoms with Crippen molar-refractivity contribution in [1.82, 2.24) is 10.2 Å². The molecule has 0 aliphatic rings. The summed E-state index contributed by atoms with van der Waals surface area (Å²) in [5.74, 6) is -1.23. The molecule has 0 saturated heterocycles. The third kappa shape index (κ3) is 9.22. The molecule has 0 fully saturated rings. The van der Waals surface area contributed by atoms with Crippen LogP contribution in [0.1, 0.15) is 30.0 Å². The average Bonchev–Trinajstić information content (AvgIpc) is 2.91. The lowest BCUT2D eigenvalue weighted by Gasteiger charge is -2.33. The second-order valence-electron chi connectivity index (χ2n) is 9.47. The highest BCUT2D eigenvalue weighted by molar-refractivity contribution is 7.92. The summed E-state index contributed by atoms with van der Waals surface area (Å²) in [6.45, 7) is 1.30. The molecular weight excluding hydrogens is 579 g/mol. The summed E-state index contributed by atoms with van der Waals surface area (Å²) in [7, 11) is -4.21. The zero-order chi connectivity index (χ0) is 30.2. The van der Waals surface area contributed by atoms with Gasteiger partial charge in [-0.05, 0) is 47.9 Å². The van der Waals surface area contributed by atoms with Crippen molar-refractivity contribution < 1.29 is 31.2 Å². The lowest BCUT2D eigenvalue weighted by atomic mass is 10.0. The highest BCUT2D eigenvalue weighted by Gasteiger charge is 2.35. The largest absolute Gasteiger partial charge is 0.416 e. The number of hydrogen-bond donors (Lipinski definition) is 1. The van der Waals surface area contributed by atoms with Crippen LogP contribution in [0.3, 0.4) is 0 Å². The molecule has 1 atom stereocenters. The average molecular weight is 610 g/mol. The minimum atomic E-state index is -4.72. The number of amides is 2. The molecule has 0 aliphatic carbocycles. The Bertz CT molecular complexity index is 1450. The van der Waals surface area contributed by atoms with E-state index in [2.05, 4.69) is 5.32 Å². The summed E-state index contributed by atoms with van der Waals surface area (Å²) in [6, 6.07) is 18.3. The summed E-state index contributed by atoms with van der Waals surface area (Å²) >= 11 is 6.16. The van der Waals surface area contributed by atoms with Gasteiger partial charge in [-0.1, -0.05) is 67.1 Å². The number of rotatable bonds is 12. The molecule has 1 unspecified atom stereocenters. The maximum atomic E-state index is 13.9. The fraction of sp³-hybridized carbons (Fsp3) is 0.310. The summed E-state index contributed by atoms with van der Waals surface area (Å²) < 4.78 is 66.3. The molecule has 2 amide bonds. The number of hydrogen-bond acceptors (Lipinski definition) is 4. The highest BCUT2D eigenvalue weighted by Crippen LogP contribution is 2.32. The number of nitrogens with one attached hydrogen (secondary N) is 1. The fourth-order valence-electron chi connectivity index (χ4n) is 4.20. The third-order valence-corrected chi connectivity index (χ3v) is 7.58. The first-order valence-corrected chi connectivity index (χ1v) is 15.0. The van der Waals surface area contributed by atoms with Gasteiger partial charge in [-0.2, -0.15) is 13.2 Å². The van der Waals surface area contributed by atoms with Crippen molar-refractivity contribution in [1.29, 1.82) is 0 Å². The first-order chi connectivity index (χ1) is 19.3. The predicted molar refractivity (Wildman–Crippen MR) is 153 cm³/mol. The van der Waals surface area contributed by atoms with Crippen molar-refractivity contribution in [2.24, 2.45) is 0 Å². The van der Waals surface area contributed by atoms with E-state index in [1.165, 1.54) is 11.0 Å². The lowest BCUT2D eigenvalue weighted by molar-refractivity contribution is -0.140. The zero-order valence-corrected chi connectivity index (χ0v) is 24.1. The van der Waals surface area contributed by atoms with Crippen molar-refractivity contribution in [2.45, 2.75) is 38.5 Å². The van der Waals surface area contributed by atoms with Gasteiger partial charge in [-0.25, -0.2) is 8.42 Å². The van der Waals surface area contributed by atoms with Gasteiger partial charge in [0.15, 0.2) is 0 Å². The monoisotopic (exact) mass is 609 g/mol. The molecule has 12 heteroatoms. The molecule has 3 rings (SSSR count). The second-order valence-corrected chi connectivity index (χ2v) is 11.8. The second kappa shape index (κ2) is 13.9. The number of carbonyl (C=O) groups is 2. The van der Waals surface area contributed by atoms with E-state index in [1.54, 1.807) is 48.5 Å². The topological polar surface area (TPSA) is 86.8 Å². The molecule has 0 heterocycles. The molecule has 0 aliphatic heterocycles. The summed E-state index contributed by atoms with van der Waals surface area (Å²) in [5.41, 5.74) is -0.0516. The number of anilines is 1. The molecule has 0 radical (unpaired) electrons. The van der Waals surface area contributed by atoms with E-state index in [0.29, 0.717) is 33.9 Å². The molecule has 0 bridgehead atoms. The van der Waals surface area contributed by atoms with Crippen LogP contribution < -0.4 is 9.62 Å². The van der Waals surface area contributed by atoms with Crippen molar-refractivity contribution in [3.8, 4) is 0 Å². The molecular formula is C29H31ClF3N3O4S. The number of benzene rings is 3. The molecule has 3 aromatic carbocycles. The molecule has 1 N–H and O–H groups in total. The van der Waals surface area contributed by atoms with Crippen molar-refractivity contribution in [2.75, 3.05) is 23.7 Å². The molecule has 41 heavy (non-hydrogen) atoms. The number of halogens is 4. The van der Waals surface area contributed by atoms with Gasteiger partial charge in [-0.15, -0.1) is 0 Å². The van der Waals surface area contributed by atoms with Crippen LogP contribution in [0.5, 0.6) is 0 Å². The number of nitrogens with zero attached hydrogens (tertiary/aromatic N) is 2. The summed E-state index contributed by atoms with van der Waals surface area (Å²) in [6.07, 6.45) is -3.16. The van der Waals surface area contributed by atoms with E-state index < -0.39 is 46.2 Å². The van der Waals surface area contributed by atoms with Gasteiger partial charge in [0.25, 0.3) is 0 Å². The quantitative estimate of drug-likeness (QED) is 0.302. The van der Waals surface area contributed by atoms with Crippen molar-refractivity contribution >= 4 is 39.1 Å². The maximum Gasteiger partial charge on any atom is 0.416 e. The Hall–Kier alpha value is -3.57. The van der Waals surface area contributed by atoms with Crippen LogP contribution in [0.25, 0.3) is 0 Å². The minimum Gasteiger partial charge on any atom is -0.354 e. The Morgan fingerprint density at radius 3 is 2.22 bits per heavy atom. The van der Waals surface area contributed by atoms with Crippen LogP contribution in [0.15, 0.2) is 78.9 Å². The smallest absolute Gasteiger partial charge is 0.354 e. The lowest BCUT2D eigenvalue weighted by Crippen LogP contribution is -2.53. The Kier molecular flexibility index (Phi) is 10.8. The van der Waals surface area contributed by atoms with Gasteiger partial charge in [0.05, 0.1) is 17.5 Å². The number of carbonyl (C=O) groups excluding carboxylic acids is 2. The first kappa shape index (κ1) is 32.0. The molecule has 220 valence electrons. The van der Waals surface area contributed by atoms with Crippen molar-refractivity contribution in [3.05, 3.63) is 101 Å². The first-order valence-electron chi connectivity index (χ1n) is 12.8. The van der Waals surface area contributed by atoms with Gasteiger partial charge in [0, 0.05) is 24.5 Å². The number of alkyl halides is 3. The summed E-state index contributed by atoms with van der Waals surface area (Å²) in [4.78, 5) is 28.6. The van der Waals surface area contributed by atoms with Crippen LogP contribution in [-0.2, 0) is 38.8 Å². The van der Waals surface area contributed by atoms with Crippen LogP contribution in [-0.4, -0.2) is 50.5 Å². The SMILES string of the molecule is CCCNC(=O)C(Cc1ccccc1)N(Cc1cccc(Cl)c1)C(=O)CN(c1cccc(C(F)(F)F)c1)S(C)(=O)=O. The van der Waals surface area contributed by atoms with Gasteiger partial charge in [0.1, 0.15) is 12.6 Å². The normalized spacial score (nSPS) is 12.4. The van der Waals surface area contributed by atoms with Crippen LogP contribution in [0.4, 0.5) is 18.9 Å². The Labute approximate surface area is 243 Å². The number of sulfonamides is 1. The standard InChI is InChI=1S/C29H31ClF3N3O4S/c1-3-15-34-28(38)26(17-21-9-5-4-6-10-21)35(19-22-11-7-13-24(30)16-22)27(37)20-36(41(2,39)40)25-14-8-12-23(18-25)29(31,32)33/h4-14,16,18,26H,3,15,17,19-20H2,1-2H3,(H,34,38). The minimum absolute atomic E-state index is 0.101. The highest BCUT2D eigenvalue weighted by atomic mass is 35.5. The van der Waals surface area contributed by atoms with Crippen molar-refractivity contribution in [3.63, 3.8) is 0 Å². The van der Waals surface area contributed by atoms with Crippen LogP contribution >= 0.6 is 11.6 Å². The Morgan fingerprint density at radius 2 is 1.61 bits per heavy atom. The molecule has 3 aromatic rings. The molecule has 0 spiro atoms. The van der Waals surface area contributed by atoms with E-state index in [9.17, 15) is 31.2 Å². The predicted octanol–water partition coefficient (Wildman–Crippen LogP) is 5.29. The van der Waals surface area contributed by atoms with Crippen LogP contribution in [0, 0.1) is 0 Å². The van der Waals surface area contributed by atoms with E-state index >= 15 is 0 Å².